The van der Waals surface area contributed by atoms with E-state index in [2.05, 4.69) is 18.2 Å². The molecule has 0 N–H and O–H groups in total. The van der Waals surface area contributed by atoms with Crippen molar-refractivity contribution >= 4 is 16.9 Å². The average molecular weight is 408 g/mol. The number of rotatable bonds is 7. The SMILES string of the molecule is CC(=O)O[C@@H]1CC[C@H](OCCCc2c(-c3ccccc3)oc3ccccc23)O[C@H]1C. The van der Waals surface area contributed by atoms with Crippen LogP contribution >= 0.6 is 0 Å². The van der Waals surface area contributed by atoms with Crippen molar-refractivity contribution in [3.63, 3.8) is 0 Å². The molecule has 3 aromatic rings. The normalized spacial score (nSPS) is 21.6. The van der Waals surface area contributed by atoms with Crippen LogP contribution in [0.25, 0.3) is 22.3 Å². The van der Waals surface area contributed by atoms with Crippen molar-refractivity contribution in [2.45, 2.75) is 58.0 Å². The first kappa shape index (κ1) is 20.6. The standard InChI is InChI=1S/C25H28O5/c1-17-22(29-18(2)26)14-15-24(28-17)27-16-8-12-21-20-11-6-7-13-23(20)30-25(21)19-9-4-3-5-10-19/h3-7,9-11,13,17,22,24H,8,12,14-16H2,1-2H3/t17-,22+,24+/m0/s1. The minimum atomic E-state index is -0.267. The summed E-state index contributed by atoms with van der Waals surface area (Å²) in [5, 5.41) is 1.16. The molecule has 1 fully saturated rings. The molecule has 0 bridgehead atoms. The van der Waals surface area contributed by atoms with E-state index in [-0.39, 0.29) is 24.5 Å². The van der Waals surface area contributed by atoms with Crippen molar-refractivity contribution in [1.82, 2.24) is 0 Å². The third-order valence-electron chi connectivity index (χ3n) is 5.50. The zero-order valence-electron chi connectivity index (χ0n) is 17.5. The Morgan fingerprint density at radius 1 is 1.07 bits per heavy atom. The third kappa shape index (κ3) is 4.74. The van der Waals surface area contributed by atoms with E-state index in [0.29, 0.717) is 6.61 Å². The number of para-hydroxylation sites is 1. The fraction of sp³-hybridized carbons (Fsp3) is 0.400. The topological polar surface area (TPSA) is 57.9 Å². The Kier molecular flexibility index (Phi) is 6.50. The lowest BCUT2D eigenvalue weighted by Crippen LogP contribution is -2.40. The summed E-state index contributed by atoms with van der Waals surface area (Å²) in [7, 11) is 0. The van der Waals surface area contributed by atoms with Crippen LogP contribution in [0.3, 0.4) is 0 Å². The molecule has 1 aliphatic rings. The van der Waals surface area contributed by atoms with Gasteiger partial charge in [0.05, 0.1) is 12.7 Å². The summed E-state index contributed by atoms with van der Waals surface area (Å²) in [6.07, 6.45) is 2.62. The van der Waals surface area contributed by atoms with E-state index in [9.17, 15) is 4.79 Å². The van der Waals surface area contributed by atoms with Crippen molar-refractivity contribution in [2.75, 3.05) is 6.61 Å². The number of esters is 1. The summed E-state index contributed by atoms with van der Waals surface area (Å²) < 4.78 is 23.3. The Morgan fingerprint density at radius 3 is 2.60 bits per heavy atom. The lowest BCUT2D eigenvalue weighted by Gasteiger charge is -2.33. The summed E-state index contributed by atoms with van der Waals surface area (Å²) >= 11 is 0. The van der Waals surface area contributed by atoms with Crippen LogP contribution in [0.4, 0.5) is 0 Å². The minimum Gasteiger partial charge on any atom is -0.460 e. The van der Waals surface area contributed by atoms with Gasteiger partial charge < -0.3 is 18.6 Å². The molecular weight excluding hydrogens is 380 g/mol. The summed E-state index contributed by atoms with van der Waals surface area (Å²) in [4.78, 5) is 11.2. The van der Waals surface area contributed by atoms with Crippen molar-refractivity contribution in [1.29, 1.82) is 0 Å². The molecule has 1 saturated heterocycles. The van der Waals surface area contributed by atoms with E-state index in [1.807, 2.05) is 43.3 Å². The maximum Gasteiger partial charge on any atom is 0.302 e. The molecule has 0 unspecified atom stereocenters. The fourth-order valence-electron chi connectivity index (χ4n) is 4.05. The van der Waals surface area contributed by atoms with Crippen LogP contribution in [-0.2, 0) is 25.4 Å². The van der Waals surface area contributed by atoms with Crippen molar-refractivity contribution in [2.24, 2.45) is 0 Å². The summed E-state index contributed by atoms with van der Waals surface area (Å²) in [5.41, 5.74) is 3.21. The smallest absolute Gasteiger partial charge is 0.302 e. The van der Waals surface area contributed by atoms with Crippen LogP contribution in [0.15, 0.2) is 59.0 Å². The van der Waals surface area contributed by atoms with Gasteiger partial charge in [0.25, 0.3) is 0 Å². The van der Waals surface area contributed by atoms with Gasteiger partial charge in [-0.05, 0) is 32.3 Å². The molecule has 2 heterocycles. The molecule has 0 radical (unpaired) electrons. The number of furan rings is 1. The largest absolute Gasteiger partial charge is 0.460 e. The number of hydrogen-bond donors (Lipinski definition) is 0. The van der Waals surface area contributed by atoms with Crippen molar-refractivity contribution in [3.8, 4) is 11.3 Å². The Balaban J connectivity index is 1.36. The molecule has 1 aromatic heterocycles. The highest BCUT2D eigenvalue weighted by atomic mass is 16.7. The second-order valence-corrected chi connectivity index (χ2v) is 7.74. The molecule has 4 rings (SSSR count). The maximum atomic E-state index is 11.2. The number of carbonyl (C=O) groups is 1. The van der Waals surface area contributed by atoms with Gasteiger partial charge >= 0.3 is 5.97 Å². The Bertz CT molecular complexity index is 978. The molecule has 5 nitrogen and oxygen atoms in total. The number of carbonyl (C=O) groups excluding carboxylic acids is 1. The maximum absolute atomic E-state index is 11.2. The van der Waals surface area contributed by atoms with Crippen LogP contribution in [0, 0.1) is 0 Å². The van der Waals surface area contributed by atoms with Crippen molar-refractivity contribution < 1.29 is 23.4 Å². The van der Waals surface area contributed by atoms with E-state index < -0.39 is 0 Å². The molecule has 2 aromatic carbocycles. The molecule has 0 amide bonds. The predicted octanol–water partition coefficient (Wildman–Crippen LogP) is 5.51. The molecule has 0 spiro atoms. The third-order valence-corrected chi connectivity index (χ3v) is 5.50. The van der Waals surface area contributed by atoms with Crippen LogP contribution in [-0.4, -0.2) is 31.1 Å². The number of fused-ring (bicyclic) bond motifs is 1. The molecule has 1 aliphatic heterocycles. The summed E-state index contributed by atoms with van der Waals surface area (Å²) in [6.45, 7) is 3.95. The first-order valence-corrected chi connectivity index (χ1v) is 10.6. The zero-order valence-corrected chi connectivity index (χ0v) is 17.5. The minimum absolute atomic E-state index is 0.157. The van der Waals surface area contributed by atoms with Crippen molar-refractivity contribution in [3.05, 3.63) is 60.2 Å². The van der Waals surface area contributed by atoms with Crippen LogP contribution < -0.4 is 0 Å². The summed E-state index contributed by atoms with van der Waals surface area (Å²) in [5.74, 6) is 0.667. The number of ether oxygens (including phenoxy) is 3. The van der Waals surface area contributed by atoms with Gasteiger partial charge in [-0.15, -0.1) is 0 Å². The number of benzene rings is 2. The second-order valence-electron chi connectivity index (χ2n) is 7.74. The monoisotopic (exact) mass is 408 g/mol. The van der Waals surface area contributed by atoms with E-state index in [1.165, 1.54) is 12.5 Å². The van der Waals surface area contributed by atoms with Gasteiger partial charge in [-0.2, -0.15) is 0 Å². The number of hydrogen-bond acceptors (Lipinski definition) is 5. The first-order chi connectivity index (χ1) is 14.6. The van der Waals surface area contributed by atoms with Gasteiger partial charge in [-0.25, -0.2) is 0 Å². The highest BCUT2D eigenvalue weighted by Crippen LogP contribution is 2.34. The predicted molar refractivity (Wildman–Crippen MR) is 115 cm³/mol. The van der Waals surface area contributed by atoms with Gasteiger partial charge in [0.15, 0.2) is 6.29 Å². The van der Waals surface area contributed by atoms with Gasteiger partial charge in [-0.3, -0.25) is 4.79 Å². The lowest BCUT2D eigenvalue weighted by atomic mass is 10.0. The van der Waals surface area contributed by atoms with Gasteiger partial charge in [-0.1, -0.05) is 48.5 Å². The van der Waals surface area contributed by atoms with E-state index in [0.717, 1.165) is 48.0 Å². The van der Waals surface area contributed by atoms with E-state index >= 15 is 0 Å². The lowest BCUT2D eigenvalue weighted by molar-refractivity contribution is -0.224. The van der Waals surface area contributed by atoms with Crippen LogP contribution in [0.1, 0.15) is 38.7 Å². The second kappa shape index (κ2) is 9.45. The van der Waals surface area contributed by atoms with Gasteiger partial charge in [0.1, 0.15) is 17.4 Å². The van der Waals surface area contributed by atoms with Gasteiger partial charge in [0.2, 0.25) is 0 Å². The molecule has 30 heavy (non-hydrogen) atoms. The Morgan fingerprint density at radius 2 is 1.83 bits per heavy atom. The summed E-state index contributed by atoms with van der Waals surface area (Å²) in [6, 6.07) is 18.4. The zero-order chi connectivity index (χ0) is 20.9. The average Bonchev–Trinajstić information content (AvgIpc) is 3.12. The molecule has 0 aliphatic carbocycles. The molecular formula is C25H28O5. The molecule has 3 atom stereocenters. The Labute approximate surface area is 176 Å². The first-order valence-electron chi connectivity index (χ1n) is 10.6. The van der Waals surface area contributed by atoms with E-state index in [4.69, 9.17) is 18.6 Å². The van der Waals surface area contributed by atoms with E-state index in [1.54, 1.807) is 0 Å². The van der Waals surface area contributed by atoms with Gasteiger partial charge in [0, 0.05) is 29.9 Å². The molecule has 0 saturated carbocycles. The highest BCUT2D eigenvalue weighted by molar-refractivity contribution is 5.87. The quantitative estimate of drug-likeness (QED) is 0.381. The fourth-order valence-corrected chi connectivity index (χ4v) is 4.05. The molecule has 5 heteroatoms. The number of aryl methyl sites for hydroxylation is 1. The van der Waals surface area contributed by atoms with Crippen LogP contribution in [0.2, 0.25) is 0 Å². The highest BCUT2D eigenvalue weighted by Gasteiger charge is 2.30. The van der Waals surface area contributed by atoms with Crippen LogP contribution in [0.5, 0.6) is 0 Å². The Hall–Kier alpha value is -2.63. The molecule has 158 valence electrons.